The van der Waals surface area contributed by atoms with Gasteiger partial charge in [-0.05, 0) is 81.2 Å². The van der Waals surface area contributed by atoms with Crippen LogP contribution in [0.3, 0.4) is 0 Å². The van der Waals surface area contributed by atoms with E-state index in [0.717, 1.165) is 31.2 Å². The van der Waals surface area contributed by atoms with E-state index in [1.54, 1.807) is 48.1 Å². The number of rotatable bonds is 14. The van der Waals surface area contributed by atoms with Crippen molar-refractivity contribution in [1.82, 2.24) is 24.4 Å². The summed E-state index contributed by atoms with van der Waals surface area (Å²) in [6.45, 7) is 8.17. The van der Waals surface area contributed by atoms with Crippen LogP contribution in [0.2, 0.25) is 0 Å². The molecule has 0 spiro atoms. The van der Waals surface area contributed by atoms with Crippen molar-refractivity contribution >= 4 is 52.0 Å². The number of ether oxygens (including phenoxy) is 4. The fourth-order valence-corrected chi connectivity index (χ4v) is 7.70. The zero-order chi connectivity index (χ0) is 40.9. The van der Waals surface area contributed by atoms with Crippen LogP contribution < -0.4 is 15.0 Å². The van der Waals surface area contributed by atoms with Crippen LogP contribution in [0.15, 0.2) is 49.2 Å². The molecule has 0 saturated carbocycles. The topological polar surface area (TPSA) is 187 Å². The molecule has 16 heteroatoms. The number of anilines is 2. The third kappa shape index (κ3) is 8.82. The summed E-state index contributed by atoms with van der Waals surface area (Å²) in [6, 6.07) is 8.32. The lowest BCUT2D eigenvalue weighted by Crippen LogP contribution is -2.57. The molecular formula is C42H49N7O9. The Morgan fingerprint density at radius 2 is 1.91 bits per heavy atom. The highest BCUT2D eigenvalue weighted by Gasteiger charge is 2.46. The number of imidazole rings is 2. The number of aromatic amines is 1. The van der Waals surface area contributed by atoms with Crippen molar-refractivity contribution in [3.05, 3.63) is 77.5 Å². The molecule has 2 saturated heterocycles. The molecular weight excluding hydrogens is 747 g/mol. The highest BCUT2D eigenvalue weighted by atomic mass is 16.7. The molecule has 3 amide bonds. The SMILES string of the molecule is C=CCOC(=O)N1c2cc(OCCCC(=O)Nc3cn(C)c(C(=O)Cc4ccc5nc(C(C)=O)[nH]c5c4)n3)c(C)cc2C(=O)N2CCCC[C@H]2C1OC1CCCCO1. The van der Waals surface area contributed by atoms with E-state index in [-0.39, 0.29) is 66.9 Å². The van der Waals surface area contributed by atoms with Gasteiger partial charge in [0.25, 0.3) is 5.91 Å². The lowest BCUT2D eigenvalue weighted by molar-refractivity contribution is -0.198. The van der Waals surface area contributed by atoms with E-state index in [1.165, 1.54) is 17.9 Å². The third-order valence-electron chi connectivity index (χ3n) is 10.6. The molecule has 306 valence electrons. The van der Waals surface area contributed by atoms with Crippen molar-refractivity contribution in [2.45, 2.75) is 90.2 Å². The van der Waals surface area contributed by atoms with Crippen molar-refractivity contribution in [2.75, 3.05) is 36.6 Å². The minimum absolute atomic E-state index is 0.0268. The van der Waals surface area contributed by atoms with Crippen molar-refractivity contribution in [3.8, 4) is 5.75 Å². The summed E-state index contributed by atoms with van der Waals surface area (Å²) in [4.78, 5) is 80.8. The summed E-state index contributed by atoms with van der Waals surface area (Å²) in [5.74, 6) is 0.196. The molecule has 3 aliphatic heterocycles. The first-order chi connectivity index (χ1) is 28.0. The van der Waals surface area contributed by atoms with Gasteiger partial charge in [-0.2, -0.15) is 0 Å². The molecule has 0 aliphatic carbocycles. The molecule has 58 heavy (non-hydrogen) atoms. The highest BCUT2D eigenvalue weighted by molar-refractivity contribution is 6.05. The van der Waals surface area contributed by atoms with Crippen LogP contribution in [0, 0.1) is 6.92 Å². The van der Waals surface area contributed by atoms with Gasteiger partial charge in [-0.25, -0.2) is 19.7 Å². The number of amides is 3. The van der Waals surface area contributed by atoms with Gasteiger partial charge in [0.1, 0.15) is 12.4 Å². The second kappa shape index (κ2) is 17.7. The average molecular weight is 796 g/mol. The molecule has 4 aromatic rings. The zero-order valence-electron chi connectivity index (χ0n) is 33.1. The van der Waals surface area contributed by atoms with Crippen LogP contribution in [0.4, 0.5) is 16.3 Å². The average Bonchev–Trinajstić information content (AvgIpc) is 3.79. The number of H-pyrrole nitrogens is 1. The van der Waals surface area contributed by atoms with Gasteiger partial charge in [-0.1, -0.05) is 18.7 Å². The van der Waals surface area contributed by atoms with E-state index in [0.29, 0.717) is 66.0 Å². The molecule has 2 unspecified atom stereocenters. The summed E-state index contributed by atoms with van der Waals surface area (Å²) in [7, 11) is 1.68. The number of Topliss-reactive ketones (excluding diaryl/α,β-unsaturated/α-hetero) is 2. The predicted octanol–water partition coefficient (Wildman–Crippen LogP) is 6.04. The van der Waals surface area contributed by atoms with E-state index < -0.39 is 24.7 Å². The molecule has 7 rings (SSSR count). The van der Waals surface area contributed by atoms with Gasteiger partial charge in [0.2, 0.25) is 11.7 Å². The van der Waals surface area contributed by atoms with Crippen molar-refractivity contribution < 1.29 is 42.9 Å². The van der Waals surface area contributed by atoms with Crippen molar-refractivity contribution in [1.29, 1.82) is 0 Å². The number of piperidine rings is 1. The Morgan fingerprint density at radius 1 is 1.09 bits per heavy atom. The lowest BCUT2D eigenvalue weighted by atomic mass is 10.00. The van der Waals surface area contributed by atoms with Crippen molar-refractivity contribution in [3.63, 3.8) is 0 Å². The molecule has 2 fully saturated rings. The fourth-order valence-electron chi connectivity index (χ4n) is 7.70. The Morgan fingerprint density at radius 3 is 2.69 bits per heavy atom. The zero-order valence-corrected chi connectivity index (χ0v) is 33.1. The number of hydrogen-bond donors (Lipinski definition) is 2. The third-order valence-corrected chi connectivity index (χ3v) is 10.6. The molecule has 3 aliphatic rings. The minimum Gasteiger partial charge on any atom is -0.493 e. The maximum Gasteiger partial charge on any atom is 0.416 e. The van der Waals surface area contributed by atoms with Crippen LogP contribution in [-0.2, 0) is 32.5 Å². The molecule has 2 N–H and O–H groups in total. The number of carbonyl (C=O) groups excluding carboxylic acids is 5. The van der Waals surface area contributed by atoms with Gasteiger partial charge in [-0.15, -0.1) is 0 Å². The van der Waals surface area contributed by atoms with E-state index in [2.05, 4.69) is 26.8 Å². The first-order valence-corrected chi connectivity index (χ1v) is 19.8. The van der Waals surface area contributed by atoms with E-state index >= 15 is 0 Å². The maximum atomic E-state index is 14.2. The molecule has 0 radical (unpaired) electrons. The summed E-state index contributed by atoms with van der Waals surface area (Å²) in [6.07, 6.45) is 6.39. The molecule has 0 bridgehead atoms. The van der Waals surface area contributed by atoms with E-state index in [4.69, 9.17) is 18.9 Å². The van der Waals surface area contributed by atoms with Crippen LogP contribution in [-0.4, -0.2) is 98.8 Å². The number of aromatic nitrogens is 4. The molecule has 5 heterocycles. The Labute approximate surface area is 335 Å². The van der Waals surface area contributed by atoms with Gasteiger partial charge >= 0.3 is 6.09 Å². The molecule has 16 nitrogen and oxygen atoms in total. The monoisotopic (exact) mass is 795 g/mol. The van der Waals surface area contributed by atoms with Gasteiger partial charge in [0.15, 0.2) is 35.8 Å². The summed E-state index contributed by atoms with van der Waals surface area (Å²) in [5.41, 5.74) is 3.36. The Bertz CT molecular complexity index is 2220. The lowest BCUT2D eigenvalue weighted by Gasteiger charge is -2.42. The number of aryl methyl sites for hydroxylation is 2. The molecule has 2 aromatic carbocycles. The van der Waals surface area contributed by atoms with E-state index in [1.807, 2.05) is 11.8 Å². The summed E-state index contributed by atoms with van der Waals surface area (Å²) in [5, 5.41) is 2.76. The van der Waals surface area contributed by atoms with Crippen LogP contribution in [0.1, 0.15) is 101 Å². The summed E-state index contributed by atoms with van der Waals surface area (Å²) < 4.78 is 25.9. The number of hydrogen-bond acceptors (Lipinski definition) is 11. The highest BCUT2D eigenvalue weighted by Crippen LogP contribution is 2.40. The fraction of sp³-hybridized carbons (Fsp3) is 0.452. The molecule has 2 aromatic heterocycles. The number of fused-ring (bicyclic) bond motifs is 3. The van der Waals surface area contributed by atoms with Gasteiger partial charge in [-0.3, -0.25) is 19.2 Å². The number of benzene rings is 2. The predicted molar refractivity (Wildman–Crippen MR) is 213 cm³/mol. The number of nitrogens with one attached hydrogen (secondary N) is 2. The maximum absolute atomic E-state index is 14.2. The second-order valence-electron chi connectivity index (χ2n) is 14.9. The first kappa shape index (κ1) is 40.3. The Balaban J connectivity index is 1.01. The number of carbonyl (C=O) groups is 5. The van der Waals surface area contributed by atoms with Gasteiger partial charge < -0.3 is 38.7 Å². The normalized spacial score (nSPS) is 19.2. The number of nitrogens with zero attached hydrogens (tertiary/aromatic N) is 5. The van der Waals surface area contributed by atoms with Gasteiger partial charge in [0.05, 0.1) is 34.9 Å². The summed E-state index contributed by atoms with van der Waals surface area (Å²) >= 11 is 0. The minimum atomic E-state index is -0.860. The van der Waals surface area contributed by atoms with Crippen molar-refractivity contribution in [2.24, 2.45) is 7.05 Å². The quantitative estimate of drug-likeness (QED) is 0.0861. The van der Waals surface area contributed by atoms with Crippen LogP contribution >= 0.6 is 0 Å². The smallest absolute Gasteiger partial charge is 0.416 e. The van der Waals surface area contributed by atoms with Gasteiger partial charge in [0, 0.05) is 52.2 Å². The van der Waals surface area contributed by atoms with Crippen LogP contribution in [0.25, 0.3) is 11.0 Å². The van der Waals surface area contributed by atoms with E-state index in [9.17, 15) is 24.0 Å². The first-order valence-electron chi connectivity index (χ1n) is 19.8. The Hall–Kier alpha value is -5.87. The molecule has 3 atom stereocenters. The standard InChI is InChI=1S/C42H49N7O9/c1-5-17-57-42(54)49-32-23-34(25(2)20-28(32)40(53)48-16-8-6-11-31(48)41(49)58-37-13-7-9-18-56-37)55-19-10-12-36(52)45-35-24-47(4)39(46-35)33(51)22-27-14-15-29-30(21-27)44-38(43-29)26(3)50/h5,14-15,20-21,23-24,31,37,41H,1,6-13,16-19,22H2,2-4H3,(H,43,44)(H,45,52)/t31-,37?,41?/m0/s1. The Kier molecular flexibility index (Phi) is 12.3. The second-order valence-corrected chi connectivity index (χ2v) is 14.9. The largest absolute Gasteiger partial charge is 0.493 e. The number of ketones is 2. The van der Waals surface area contributed by atoms with Crippen LogP contribution in [0.5, 0.6) is 5.75 Å².